The van der Waals surface area contributed by atoms with E-state index in [1.807, 2.05) is 6.92 Å². The molecule has 0 radical (unpaired) electrons. The van der Waals surface area contributed by atoms with Crippen LogP contribution in [-0.4, -0.2) is 23.1 Å². The predicted molar refractivity (Wildman–Crippen MR) is 68.6 cm³/mol. The van der Waals surface area contributed by atoms with Gasteiger partial charge in [-0.1, -0.05) is 12.7 Å². The second-order valence-corrected chi connectivity index (χ2v) is 4.26. The first-order valence-electron chi connectivity index (χ1n) is 6.12. The minimum absolute atomic E-state index is 0.480. The van der Waals surface area contributed by atoms with E-state index in [9.17, 15) is 0 Å². The summed E-state index contributed by atoms with van der Waals surface area (Å²) in [5, 5.41) is 3.26. The van der Waals surface area contributed by atoms with E-state index in [1.54, 1.807) is 6.08 Å². The zero-order chi connectivity index (χ0) is 12.3. The molecule has 0 unspecified atom stereocenters. The summed E-state index contributed by atoms with van der Waals surface area (Å²) >= 11 is 0. The fourth-order valence-electron chi connectivity index (χ4n) is 1.65. The Hall–Kier alpha value is -1.58. The number of hydrogen-bond donors (Lipinski definition) is 1. The van der Waals surface area contributed by atoms with Crippen LogP contribution in [0.2, 0.25) is 0 Å². The van der Waals surface area contributed by atoms with Crippen molar-refractivity contribution in [3.63, 3.8) is 0 Å². The first kappa shape index (κ1) is 11.9. The molecule has 17 heavy (non-hydrogen) atoms. The molecule has 1 fully saturated rings. The van der Waals surface area contributed by atoms with Crippen LogP contribution in [0.25, 0.3) is 0 Å². The minimum atomic E-state index is 0.480. The second-order valence-electron chi connectivity index (χ2n) is 4.26. The molecule has 0 amide bonds. The van der Waals surface area contributed by atoms with Crippen molar-refractivity contribution in [2.45, 2.75) is 32.6 Å². The molecular formula is C13H19N3O. The summed E-state index contributed by atoms with van der Waals surface area (Å²) in [5.41, 5.74) is 0.970. The molecule has 1 aromatic heterocycles. The van der Waals surface area contributed by atoms with E-state index in [2.05, 4.69) is 28.8 Å². The van der Waals surface area contributed by atoms with Crippen molar-refractivity contribution in [2.75, 3.05) is 18.5 Å². The van der Waals surface area contributed by atoms with E-state index in [0.717, 1.165) is 23.8 Å². The standard InChI is InChI=1S/C13H19N3O/c1-4-8-17-13-9(3)11(14-5-2)15-12(16-13)10-6-7-10/h4,10H,1,5-8H2,2-3H3,(H,14,15,16). The second kappa shape index (κ2) is 5.17. The molecule has 0 aliphatic heterocycles. The van der Waals surface area contributed by atoms with Crippen molar-refractivity contribution in [2.24, 2.45) is 0 Å². The molecule has 4 nitrogen and oxygen atoms in total. The molecular weight excluding hydrogens is 214 g/mol. The largest absolute Gasteiger partial charge is 0.473 e. The van der Waals surface area contributed by atoms with Crippen molar-refractivity contribution in [1.82, 2.24) is 9.97 Å². The first-order chi connectivity index (χ1) is 8.26. The Morgan fingerprint density at radius 1 is 1.47 bits per heavy atom. The van der Waals surface area contributed by atoms with E-state index < -0.39 is 0 Å². The van der Waals surface area contributed by atoms with Gasteiger partial charge in [0.2, 0.25) is 5.88 Å². The van der Waals surface area contributed by atoms with Gasteiger partial charge in [0, 0.05) is 12.5 Å². The highest BCUT2D eigenvalue weighted by Gasteiger charge is 2.28. The van der Waals surface area contributed by atoms with Gasteiger partial charge in [-0.25, -0.2) is 4.98 Å². The number of nitrogens with one attached hydrogen (secondary N) is 1. The van der Waals surface area contributed by atoms with Gasteiger partial charge in [0.15, 0.2) is 0 Å². The third-order valence-electron chi connectivity index (χ3n) is 2.74. The van der Waals surface area contributed by atoms with Gasteiger partial charge < -0.3 is 10.1 Å². The maximum Gasteiger partial charge on any atom is 0.222 e. The lowest BCUT2D eigenvalue weighted by atomic mass is 10.3. The lowest BCUT2D eigenvalue weighted by Crippen LogP contribution is -2.08. The van der Waals surface area contributed by atoms with Gasteiger partial charge >= 0.3 is 0 Å². The highest BCUT2D eigenvalue weighted by Crippen LogP contribution is 2.39. The van der Waals surface area contributed by atoms with E-state index >= 15 is 0 Å². The molecule has 1 aliphatic carbocycles. The summed E-state index contributed by atoms with van der Waals surface area (Å²) < 4.78 is 5.58. The maximum absolute atomic E-state index is 5.58. The highest BCUT2D eigenvalue weighted by molar-refractivity contribution is 5.49. The van der Waals surface area contributed by atoms with Gasteiger partial charge in [-0.2, -0.15) is 4.98 Å². The molecule has 4 heteroatoms. The molecule has 0 atom stereocenters. The summed E-state index contributed by atoms with van der Waals surface area (Å²) in [6.07, 6.45) is 4.11. The van der Waals surface area contributed by atoms with Gasteiger partial charge in [-0.15, -0.1) is 0 Å². The van der Waals surface area contributed by atoms with E-state index in [1.165, 1.54) is 12.8 Å². The van der Waals surface area contributed by atoms with Gasteiger partial charge in [0.05, 0.1) is 5.56 Å². The van der Waals surface area contributed by atoms with Crippen LogP contribution in [0, 0.1) is 6.92 Å². The normalized spacial score (nSPS) is 14.5. The van der Waals surface area contributed by atoms with E-state index in [-0.39, 0.29) is 0 Å². The topological polar surface area (TPSA) is 47.0 Å². The Morgan fingerprint density at radius 2 is 2.24 bits per heavy atom. The maximum atomic E-state index is 5.58. The van der Waals surface area contributed by atoms with Crippen molar-refractivity contribution >= 4 is 5.82 Å². The summed E-state index contributed by atoms with van der Waals surface area (Å²) in [7, 11) is 0. The van der Waals surface area contributed by atoms with E-state index in [4.69, 9.17) is 4.74 Å². The molecule has 0 aromatic carbocycles. The molecule has 92 valence electrons. The number of aromatic nitrogens is 2. The zero-order valence-corrected chi connectivity index (χ0v) is 10.5. The van der Waals surface area contributed by atoms with Gasteiger partial charge in [0.25, 0.3) is 0 Å². The third-order valence-corrected chi connectivity index (χ3v) is 2.74. The zero-order valence-electron chi connectivity index (χ0n) is 10.5. The van der Waals surface area contributed by atoms with Crippen LogP contribution in [0.3, 0.4) is 0 Å². The SMILES string of the molecule is C=CCOc1nc(C2CC2)nc(NCC)c1C. The lowest BCUT2D eigenvalue weighted by Gasteiger charge is -2.12. The number of anilines is 1. The molecule has 2 rings (SSSR count). The number of rotatable bonds is 6. The smallest absolute Gasteiger partial charge is 0.222 e. The van der Waals surface area contributed by atoms with Crippen molar-refractivity contribution in [1.29, 1.82) is 0 Å². The molecule has 1 aliphatic rings. The third kappa shape index (κ3) is 2.75. The van der Waals surface area contributed by atoms with Crippen LogP contribution >= 0.6 is 0 Å². The average Bonchev–Trinajstić information content (AvgIpc) is 3.14. The fourth-order valence-corrected chi connectivity index (χ4v) is 1.65. The Morgan fingerprint density at radius 3 is 2.82 bits per heavy atom. The van der Waals surface area contributed by atoms with Crippen LogP contribution in [0.5, 0.6) is 5.88 Å². The van der Waals surface area contributed by atoms with Crippen molar-refractivity contribution < 1.29 is 4.74 Å². The number of nitrogens with zero attached hydrogens (tertiary/aromatic N) is 2. The summed E-state index contributed by atoms with van der Waals surface area (Å²) in [6.45, 7) is 9.02. The Labute approximate surface area is 102 Å². The number of ether oxygens (including phenoxy) is 1. The van der Waals surface area contributed by atoms with Crippen LogP contribution in [0.15, 0.2) is 12.7 Å². The average molecular weight is 233 g/mol. The number of hydrogen-bond acceptors (Lipinski definition) is 4. The fraction of sp³-hybridized carbons (Fsp3) is 0.538. The van der Waals surface area contributed by atoms with Crippen LogP contribution in [0.4, 0.5) is 5.82 Å². The molecule has 0 spiro atoms. The predicted octanol–water partition coefficient (Wildman–Crippen LogP) is 2.66. The van der Waals surface area contributed by atoms with E-state index in [0.29, 0.717) is 18.4 Å². The Bertz CT molecular complexity index is 413. The molecule has 1 aromatic rings. The van der Waals surface area contributed by atoms with Crippen molar-refractivity contribution in [3.8, 4) is 5.88 Å². The van der Waals surface area contributed by atoms with Crippen LogP contribution in [0.1, 0.15) is 37.1 Å². The van der Waals surface area contributed by atoms with Gasteiger partial charge in [-0.3, -0.25) is 0 Å². The van der Waals surface area contributed by atoms with Crippen LogP contribution < -0.4 is 10.1 Å². The van der Waals surface area contributed by atoms with Gasteiger partial charge in [0.1, 0.15) is 18.2 Å². The molecule has 1 saturated carbocycles. The summed E-state index contributed by atoms with van der Waals surface area (Å²) in [6, 6.07) is 0. The Kier molecular flexibility index (Phi) is 3.61. The quantitative estimate of drug-likeness (QED) is 0.767. The molecule has 0 bridgehead atoms. The monoisotopic (exact) mass is 233 g/mol. The first-order valence-corrected chi connectivity index (χ1v) is 6.12. The molecule has 0 saturated heterocycles. The van der Waals surface area contributed by atoms with Crippen LogP contribution in [-0.2, 0) is 0 Å². The van der Waals surface area contributed by atoms with Crippen molar-refractivity contribution in [3.05, 3.63) is 24.0 Å². The summed E-state index contributed by atoms with van der Waals surface area (Å²) in [5.74, 6) is 3.01. The van der Waals surface area contributed by atoms with Gasteiger partial charge in [-0.05, 0) is 26.7 Å². The summed E-state index contributed by atoms with van der Waals surface area (Å²) in [4.78, 5) is 9.06. The highest BCUT2D eigenvalue weighted by atomic mass is 16.5. The Balaban J connectivity index is 2.30. The molecule has 1 heterocycles. The lowest BCUT2D eigenvalue weighted by molar-refractivity contribution is 0.344. The minimum Gasteiger partial charge on any atom is -0.473 e. The molecule has 1 N–H and O–H groups in total.